The van der Waals surface area contributed by atoms with Gasteiger partial charge in [0.15, 0.2) is 10.9 Å². The van der Waals surface area contributed by atoms with E-state index in [1.165, 1.54) is 0 Å². The lowest BCUT2D eigenvalue weighted by Gasteiger charge is -2.16. The number of anilines is 3. The molecule has 5 N–H and O–H groups in total. The molecular weight excluding hydrogens is 442 g/mol. The number of rotatable bonds is 5. The van der Waals surface area contributed by atoms with Crippen LogP contribution in [0.1, 0.15) is 0 Å². The van der Waals surface area contributed by atoms with Gasteiger partial charge in [-0.1, -0.05) is 72.8 Å². The summed E-state index contributed by atoms with van der Waals surface area (Å²) in [6.07, 6.45) is 1.73. The van der Waals surface area contributed by atoms with Crippen molar-refractivity contribution in [2.24, 2.45) is 0 Å². The van der Waals surface area contributed by atoms with E-state index in [-0.39, 0.29) is 0 Å². The molecule has 34 heavy (non-hydrogen) atoms. The number of aromatic nitrogens is 4. The Morgan fingerprint density at radius 3 is 2.06 bits per heavy atom. The van der Waals surface area contributed by atoms with E-state index in [4.69, 9.17) is 18.0 Å². The van der Waals surface area contributed by atoms with Crippen molar-refractivity contribution in [3.63, 3.8) is 0 Å². The van der Waals surface area contributed by atoms with Gasteiger partial charge < -0.3 is 16.4 Å². The number of benzene rings is 3. The van der Waals surface area contributed by atoms with E-state index in [1.54, 1.807) is 6.20 Å². The fourth-order valence-corrected chi connectivity index (χ4v) is 3.94. The molecule has 0 bridgehead atoms. The number of hydrogen-bond donors (Lipinski definition) is 4. The minimum absolute atomic E-state index is 0.412. The zero-order valence-corrected chi connectivity index (χ0v) is 18.9. The van der Waals surface area contributed by atoms with Gasteiger partial charge in [0.2, 0.25) is 0 Å². The Morgan fingerprint density at radius 2 is 1.38 bits per heavy atom. The Balaban J connectivity index is 1.37. The predicted octanol–water partition coefficient (Wildman–Crippen LogP) is 5.59. The van der Waals surface area contributed by atoms with Crippen LogP contribution in [0.5, 0.6) is 0 Å². The fraction of sp³-hybridized carbons (Fsp3) is 0. The van der Waals surface area contributed by atoms with Crippen LogP contribution in [0.2, 0.25) is 0 Å². The van der Waals surface area contributed by atoms with E-state index in [2.05, 4.69) is 31.0 Å². The highest BCUT2D eigenvalue weighted by molar-refractivity contribution is 7.80. The molecular formula is C26H21N7S. The second-order valence-electron chi connectivity index (χ2n) is 7.54. The number of hydrogen-bond acceptors (Lipinski definition) is 5. The number of nitrogens with one attached hydrogen (secondary N) is 3. The van der Waals surface area contributed by atoms with E-state index in [1.807, 2.05) is 91.0 Å². The SMILES string of the molecule is Nc1[nH]ncc1-c1ccccc1-c1ccccc1NC(=S)Nc1ccc(-c2ccccc2)nn1. The lowest BCUT2D eigenvalue weighted by molar-refractivity contribution is 1.05. The topological polar surface area (TPSA) is 105 Å². The normalized spacial score (nSPS) is 10.6. The number of H-pyrrole nitrogens is 1. The first-order chi connectivity index (χ1) is 16.7. The Hall–Kier alpha value is -4.56. The monoisotopic (exact) mass is 463 g/mol. The summed E-state index contributed by atoms with van der Waals surface area (Å²) < 4.78 is 0. The van der Waals surface area contributed by atoms with Gasteiger partial charge in [0.05, 0.1) is 11.9 Å². The molecule has 0 aliphatic carbocycles. The van der Waals surface area contributed by atoms with Crippen LogP contribution in [0.3, 0.4) is 0 Å². The highest BCUT2D eigenvalue weighted by Crippen LogP contribution is 2.37. The Kier molecular flexibility index (Phi) is 5.96. The molecule has 166 valence electrons. The maximum atomic E-state index is 6.09. The van der Waals surface area contributed by atoms with Crippen LogP contribution in [0.15, 0.2) is 97.2 Å². The summed E-state index contributed by atoms with van der Waals surface area (Å²) in [4.78, 5) is 0. The highest BCUT2D eigenvalue weighted by atomic mass is 32.1. The third kappa shape index (κ3) is 4.48. The maximum Gasteiger partial charge on any atom is 0.176 e. The number of thiocarbonyl (C=S) groups is 1. The van der Waals surface area contributed by atoms with Gasteiger partial charge in [-0.25, -0.2) is 0 Å². The molecule has 0 fully saturated rings. The molecule has 0 unspecified atom stereocenters. The Labute approximate surface area is 202 Å². The minimum Gasteiger partial charge on any atom is -0.384 e. The average Bonchev–Trinajstić information content (AvgIpc) is 3.31. The van der Waals surface area contributed by atoms with Crippen molar-refractivity contribution in [2.75, 3.05) is 16.4 Å². The number of nitrogens with zero attached hydrogens (tertiary/aromatic N) is 3. The zero-order valence-electron chi connectivity index (χ0n) is 18.1. The Morgan fingerprint density at radius 1 is 0.706 bits per heavy atom. The van der Waals surface area contributed by atoms with Crippen LogP contribution in [-0.2, 0) is 0 Å². The molecule has 7 nitrogen and oxygen atoms in total. The van der Waals surface area contributed by atoms with Crippen LogP contribution in [-0.4, -0.2) is 25.5 Å². The molecule has 5 aromatic rings. The van der Waals surface area contributed by atoms with Crippen molar-refractivity contribution < 1.29 is 0 Å². The van der Waals surface area contributed by atoms with Crippen molar-refractivity contribution in [1.82, 2.24) is 20.4 Å². The summed E-state index contributed by atoms with van der Waals surface area (Å²) >= 11 is 5.56. The van der Waals surface area contributed by atoms with E-state index in [0.717, 1.165) is 39.2 Å². The van der Waals surface area contributed by atoms with Crippen molar-refractivity contribution in [3.05, 3.63) is 97.2 Å². The summed E-state index contributed by atoms with van der Waals surface area (Å²) in [5.41, 5.74) is 12.6. The van der Waals surface area contributed by atoms with E-state index in [0.29, 0.717) is 16.7 Å². The van der Waals surface area contributed by atoms with E-state index < -0.39 is 0 Å². The molecule has 0 aliphatic heterocycles. The summed E-state index contributed by atoms with van der Waals surface area (Å²) in [6, 6.07) is 29.7. The predicted molar refractivity (Wildman–Crippen MR) is 141 cm³/mol. The lowest BCUT2D eigenvalue weighted by atomic mass is 9.94. The van der Waals surface area contributed by atoms with Gasteiger partial charge in [-0.05, 0) is 41.5 Å². The molecule has 8 heteroatoms. The molecule has 0 saturated carbocycles. The second kappa shape index (κ2) is 9.51. The molecule has 0 atom stereocenters. The van der Waals surface area contributed by atoms with Gasteiger partial charge >= 0.3 is 0 Å². The minimum atomic E-state index is 0.412. The third-order valence-corrected chi connectivity index (χ3v) is 5.53. The zero-order chi connectivity index (χ0) is 23.3. The van der Waals surface area contributed by atoms with Gasteiger partial charge in [0, 0.05) is 22.4 Å². The average molecular weight is 464 g/mol. The number of nitrogens with two attached hydrogens (primary N) is 1. The standard InChI is InChI=1S/C26H21N7S/c27-25-21(16-28-33-25)19-11-5-4-10-18(19)20-12-6-7-13-23(20)29-26(34)30-24-15-14-22(31-32-24)17-8-2-1-3-9-17/h1-16H,(H3,27,28,33)(H2,29,30,32,34). The number of aromatic amines is 1. The maximum absolute atomic E-state index is 6.09. The summed E-state index contributed by atoms with van der Waals surface area (Å²) in [5.74, 6) is 1.08. The summed E-state index contributed by atoms with van der Waals surface area (Å²) in [7, 11) is 0. The van der Waals surface area contributed by atoms with Crippen LogP contribution in [0.4, 0.5) is 17.3 Å². The molecule has 5 rings (SSSR count). The van der Waals surface area contributed by atoms with Crippen LogP contribution >= 0.6 is 12.2 Å². The molecule has 0 saturated heterocycles. The van der Waals surface area contributed by atoms with Gasteiger partial charge in [-0.2, -0.15) is 5.10 Å². The highest BCUT2D eigenvalue weighted by Gasteiger charge is 2.14. The van der Waals surface area contributed by atoms with Gasteiger partial charge in [0.25, 0.3) is 0 Å². The molecule has 0 radical (unpaired) electrons. The first kappa shape index (κ1) is 21.3. The van der Waals surface area contributed by atoms with Crippen molar-refractivity contribution in [2.45, 2.75) is 0 Å². The lowest BCUT2D eigenvalue weighted by Crippen LogP contribution is -2.20. The smallest absolute Gasteiger partial charge is 0.176 e. The van der Waals surface area contributed by atoms with Crippen LogP contribution in [0, 0.1) is 0 Å². The van der Waals surface area contributed by atoms with Gasteiger partial charge in [-0.3, -0.25) is 5.10 Å². The molecule has 0 spiro atoms. The van der Waals surface area contributed by atoms with Crippen molar-refractivity contribution in [3.8, 4) is 33.5 Å². The first-order valence-electron chi connectivity index (χ1n) is 10.6. The molecule has 0 amide bonds. The van der Waals surface area contributed by atoms with E-state index >= 15 is 0 Å². The van der Waals surface area contributed by atoms with Crippen molar-refractivity contribution >= 4 is 34.7 Å². The molecule has 3 aromatic carbocycles. The molecule has 2 heterocycles. The van der Waals surface area contributed by atoms with Crippen molar-refractivity contribution in [1.29, 1.82) is 0 Å². The Bertz CT molecular complexity index is 1430. The molecule has 2 aromatic heterocycles. The number of nitrogen functional groups attached to an aromatic ring is 1. The molecule has 0 aliphatic rings. The quantitative estimate of drug-likeness (QED) is 0.252. The van der Waals surface area contributed by atoms with Crippen LogP contribution in [0.25, 0.3) is 33.5 Å². The van der Waals surface area contributed by atoms with E-state index in [9.17, 15) is 0 Å². The summed E-state index contributed by atoms with van der Waals surface area (Å²) in [6.45, 7) is 0. The largest absolute Gasteiger partial charge is 0.384 e. The third-order valence-electron chi connectivity index (χ3n) is 5.33. The fourth-order valence-electron chi connectivity index (χ4n) is 3.72. The summed E-state index contributed by atoms with van der Waals surface area (Å²) in [5, 5.41) is 22.2. The second-order valence-corrected chi connectivity index (χ2v) is 7.95. The first-order valence-corrected chi connectivity index (χ1v) is 11.0. The number of para-hydroxylation sites is 1. The van der Waals surface area contributed by atoms with Gasteiger partial charge in [-0.15, -0.1) is 10.2 Å². The van der Waals surface area contributed by atoms with Gasteiger partial charge in [0.1, 0.15) is 5.82 Å². The van der Waals surface area contributed by atoms with Crippen LogP contribution < -0.4 is 16.4 Å².